The second kappa shape index (κ2) is 5.64. The van der Waals surface area contributed by atoms with Crippen LogP contribution in [0.15, 0.2) is 6.20 Å². The fourth-order valence-corrected chi connectivity index (χ4v) is 2.61. The first-order chi connectivity index (χ1) is 7.41. The molecule has 0 radical (unpaired) electrons. The summed E-state index contributed by atoms with van der Waals surface area (Å²) >= 11 is 1.69. The average molecular weight is 241 g/mol. The van der Waals surface area contributed by atoms with Crippen molar-refractivity contribution in [1.29, 1.82) is 0 Å². The fraction of sp³-hybridized carbons (Fsp3) is 0.750. The standard InChI is InChI=1S/C12H23N3S/c1-8(2)6-9(3)15(5)12-14-7-11(16-12)10(4)13/h7-10H,6,13H2,1-5H3. The largest absolute Gasteiger partial charge is 0.348 e. The zero-order chi connectivity index (χ0) is 12.3. The van der Waals surface area contributed by atoms with Crippen molar-refractivity contribution < 1.29 is 0 Å². The molecule has 4 heteroatoms. The van der Waals surface area contributed by atoms with E-state index < -0.39 is 0 Å². The van der Waals surface area contributed by atoms with Crippen LogP contribution in [0.25, 0.3) is 0 Å². The summed E-state index contributed by atoms with van der Waals surface area (Å²) < 4.78 is 0. The van der Waals surface area contributed by atoms with Crippen LogP contribution < -0.4 is 10.6 Å². The Labute approximate surface area is 103 Å². The third-order valence-corrected chi connectivity index (χ3v) is 4.02. The number of hydrogen-bond donors (Lipinski definition) is 1. The van der Waals surface area contributed by atoms with Crippen LogP contribution in [-0.4, -0.2) is 18.1 Å². The summed E-state index contributed by atoms with van der Waals surface area (Å²) in [6.07, 6.45) is 3.08. The van der Waals surface area contributed by atoms with Crippen molar-refractivity contribution in [3.05, 3.63) is 11.1 Å². The Hall–Kier alpha value is -0.610. The van der Waals surface area contributed by atoms with Gasteiger partial charge in [-0.05, 0) is 26.2 Å². The maximum atomic E-state index is 5.84. The van der Waals surface area contributed by atoms with Gasteiger partial charge in [-0.25, -0.2) is 4.98 Å². The average Bonchev–Trinajstić information content (AvgIpc) is 2.64. The molecular weight excluding hydrogens is 218 g/mol. The monoisotopic (exact) mass is 241 g/mol. The molecular formula is C12H23N3S. The highest BCUT2D eigenvalue weighted by Gasteiger charge is 2.15. The minimum Gasteiger partial charge on any atom is -0.348 e. The van der Waals surface area contributed by atoms with E-state index in [1.807, 2.05) is 13.1 Å². The van der Waals surface area contributed by atoms with Gasteiger partial charge in [-0.2, -0.15) is 0 Å². The predicted molar refractivity (Wildman–Crippen MR) is 72.0 cm³/mol. The minimum absolute atomic E-state index is 0.0834. The number of hydrogen-bond acceptors (Lipinski definition) is 4. The van der Waals surface area contributed by atoms with Crippen LogP contribution in [0.4, 0.5) is 5.13 Å². The molecule has 0 bridgehead atoms. The lowest BCUT2D eigenvalue weighted by Crippen LogP contribution is -2.29. The van der Waals surface area contributed by atoms with Crippen molar-refractivity contribution in [3.63, 3.8) is 0 Å². The van der Waals surface area contributed by atoms with Gasteiger partial charge in [-0.3, -0.25) is 0 Å². The summed E-state index contributed by atoms with van der Waals surface area (Å²) in [6, 6.07) is 0.604. The van der Waals surface area contributed by atoms with Crippen molar-refractivity contribution in [1.82, 2.24) is 4.98 Å². The number of rotatable bonds is 5. The Balaban J connectivity index is 2.68. The number of anilines is 1. The number of nitrogens with two attached hydrogens (primary N) is 1. The lowest BCUT2D eigenvalue weighted by Gasteiger charge is -2.25. The number of aromatic nitrogens is 1. The molecule has 3 nitrogen and oxygen atoms in total. The maximum Gasteiger partial charge on any atom is 0.185 e. The van der Waals surface area contributed by atoms with Gasteiger partial charge in [0.25, 0.3) is 0 Å². The topological polar surface area (TPSA) is 42.2 Å². The molecule has 0 aliphatic rings. The van der Waals surface area contributed by atoms with Crippen molar-refractivity contribution in [2.75, 3.05) is 11.9 Å². The minimum atomic E-state index is 0.0834. The molecule has 0 aromatic carbocycles. The maximum absolute atomic E-state index is 5.84. The molecule has 2 N–H and O–H groups in total. The van der Waals surface area contributed by atoms with Crippen LogP contribution in [-0.2, 0) is 0 Å². The van der Waals surface area contributed by atoms with Crippen LogP contribution in [0.2, 0.25) is 0 Å². The molecule has 1 aromatic rings. The van der Waals surface area contributed by atoms with E-state index >= 15 is 0 Å². The highest BCUT2D eigenvalue weighted by molar-refractivity contribution is 7.15. The van der Waals surface area contributed by atoms with Crippen molar-refractivity contribution >= 4 is 16.5 Å². The predicted octanol–water partition coefficient (Wildman–Crippen LogP) is 3.03. The Bertz CT molecular complexity index is 320. The van der Waals surface area contributed by atoms with Gasteiger partial charge in [0.2, 0.25) is 0 Å². The second-order valence-electron chi connectivity index (χ2n) is 4.92. The third kappa shape index (κ3) is 3.46. The van der Waals surface area contributed by atoms with Gasteiger partial charge >= 0.3 is 0 Å². The number of thiazole rings is 1. The van der Waals surface area contributed by atoms with Crippen LogP contribution in [0.3, 0.4) is 0 Å². The van der Waals surface area contributed by atoms with E-state index in [0.717, 1.165) is 10.0 Å². The summed E-state index contributed by atoms with van der Waals surface area (Å²) in [6.45, 7) is 8.74. The molecule has 0 saturated heterocycles. The Morgan fingerprint density at radius 1 is 1.38 bits per heavy atom. The SMILES string of the molecule is CC(C)CC(C)N(C)c1ncc(C(C)N)s1. The second-order valence-corrected chi connectivity index (χ2v) is 5.96. The smallest absolute Gasteiger partial charge is 0.185 e. The zero-order valence-corrected chi connectivity index (χ0v) is 11.7. The molecule has 0 fully saturated rings. The van der Waals surface area contributed by atoms with E-state index in [4.69, 9.17) is 5.73 Å². The molecule has 0 saturated carbocycles. The van der Waals surface area contributed by atoms with Gasteiger partial charge in [0.1, 0.15) is 0 Å². The van der Waals surface area contributed by atoms with E-state index in [9.17, 15) is 0 Å². The third-order valence-electron chi connectivity index (χ3n) is 2.74. The van der Waals surface area contributed by atoms with Gasteiger partial charge in [0, 0.05) is 30.2 Å². The molecule has 0 aliphatic carbocycles. The van der Waals surface area contributed by atoms with Crippen molar-refractivity contribution in [2.24, 2.45) is 11.7 Å². The molecule has 2 unspecified atom stereocenters. The first kappa shape index (κ1) is 13.5. The van der Waals surface area contributed by atoms with Crippen molar-refractivity contribution in [2.45, 2.75) is 46.2 Å². The Morgan fingerprint density at radius 2 is 2.00 bits per heavy atom. The first-order valence-corrected chi connectivity index (χ1v) is 6.67. The van der Waals surface area contributed by atoms with Crippen LogP contribution in [0.1, 0.15) is 45.0 Å². The Kier molecular flexibility index (Phi) is 4.74. The molecule has 0 amide bonds. The van der Waals surface area contributed by atoms with E-state index in [1.165, 1.54) is 6.42 Å². The lowest BCUT2D eigenvalue weighted by molar-refractivity contribution is 0.504. The van der Waals surface area contributed by atoms with E-state index in [-0.39, 0.29) is 6.04 Å². The zero-order valence-electron chi connectivity index (χ0n) is 10.9. The highest BCUT2D eigenvalue weighted by atomic mass is 32.1. The molecule has 1 aromatic heterocycles. The van der Waals surface area contributed by atoms with Gasteiger partial charge in [0.15, 0.2) is 5.13 Å². The van der Waals surface area contributed by atoms with E-state index in [0.29, 0.717) is 12.0 Å². The van der Waals surface area contributed by atoms with Crippen LogP contribution in [0.5, 0.6) is 0 Å². The van der Waals surface area contributed by atoms with Crippen LogP contribution >= 0.6 is 11.3 Å². The summed E-state index contributed by atoms with van der Waals surface area (Å²) in [7, 11) is 2.11. The van der Waals surface area contributed by atoms with E-state index in [2.05, 4.69) is 37.7 Å². The summed E-state index contributed by atoms with van der Waals surface area (Å²) in [5, 5.41) is 1.07. The van der Waals surface area contributed by atoms with Crippen LogP contribution in [0, 0.1) is 5.92 Å². The molecule has 0 aliphatic heterocycles. The quantitative estimate of drug-likeness (QED) is 0.861. The normalized spacial score (nSPS) is 15.2. The fourth-order valence-electron chi connectivity index (χ4n) is 1.68. The molecule has 16 heavy (non-hydrogen) atoms. The summed E-state index contributed by atoms with van der Waals surface area (Å²) in [5.74, 6) is 0.713. The van der Waals surface area contributed by atoms with Gasteiger partial charge in [0.05, 0.1) is 0 Å². The molecule has 1 heterocycles. The molecule has 92 valence electrons. The van der Waals surface area contributed by atoms with Crippen molar-refractivity contribution in [3.8, 4) is 0 Å². The van der Waals surface area contributed by atoms with Gasteiger partial charge < -0.3 is 10.6 Å². The number of nitrogens with zero attached hydrogens (tertiary/aromatic N) is 2. The van der Waals surface area contributed by atoms with Gasteiger partial charge in [-0.1, -0.05) is 13.8 Å². The molecule has 2 atom stereocenters. The lowest BCUT2D eigenvalue weighted by atomic mass is 10.0. The summed E-state index contributed by atoms with van der Waals surface area (Å²) in [5.41, 5.74) is 5.84. The highest BCUT2D eigenvalue weighted by Crippen LogP contribution is 2.27. The Morgan fingerprint density at radius 3 is 2.44 bits per heavy atom. The molecule has 1 rings (SSSR count). The van der Waals surface area contributed by atoms with Gasteiger partial charge in [-0.15, -0.1) is 11.3 Å². The summed E-state index contributed by atoms with van der Waals surface area (Å²) in [4.78, 5) is 7.83. The first-order valence-electron chi connectivity index (χ1n) is 5.86. The molecule has 0 spiro atoms. The van der Waals surface area contributed by atoms with E-state index in [1.54, 1.807) is 11.3 Å².